The smallest absolute Gasteiger partial charge is 0.266 e. The maximum absolute atomic E-state index is 12.1. The predicted octanol–water partition coefficient (Wildman–Crippen LogP) is 1.76. The van der Waals surface area contributed by atoms with Crippen LogP contribution in [0.5, 0.6) is 0 Å². The number of nitrogens with zero attached hydrogens (tertiary/aromatic N) is 2. The van der Waals surface area contributed by atoms with Crippen LogP contribution < -0.4 is 10.9 Å². The molecule has 116 valence electrons. The topological polar surface area (TPSA) is 77.1 Å². The monoisotopic (exact) mass is 301 g/mol. The van der Waals surface area contributed by atoms with Crippen LogP contribution in [-0.2, 0) is 6.54 Å². The molecule has 0 saturated heterocycles. The molecule has 0 spiro atoms. The quantitative estimate of drug-likeness (QED) is 0.913. The molecule has 1 aliphatic rings. The van der Waals surface area contributed by atoms with E-state index in [2.05, 4.69) is 10.4 Å². The Hall–Kier alpha value is -2.37. The fourth-order valence-corrected chi connectivity index (χ4v) is 2.45. The van der Waals surface area contributed by atoms with E-state index < -0.39 is 0 Å². The van der Waals surface area contributed by atoms with Crippen LogP contribution in [0.3, 0.4) is 0 Å². The third-order valence-electron chi connectivity index (χ3n) is 3.78. The summed E-state index contributed by atoms with van der Waals surface area (Å²) < 4.78 is 6.76. The Kier molecular flexibility index (Phi) is 3.83. The van der Waals surface area contributed by atoms with E-state index in [9.17, 15) is 9.59 Å². The van der Waals surface area contributed by atoms with Gasteiger partial charge in [0.15, 0.2) is 0 Å². The first kappa shape index (κ1) is 14.6. The van der Waals surface area contributed by atoms with Gasteiger partial charge in [-0.05, 0) is 38.8 Å². The lowest BCUT2D eigenvalue weighted by Crippen LogP contribution is -2.32. The number of rotatable bonds is 5. The summed E-state index contributed by atoms with van der Waals surface area (Å²) >= 11 is 0. The van der Waals surface area contributed by atoms with Crippen LogP contribution in [0, 0.1) is 13.8 Å². The van der Waals surface area contributed by atoms with Crippen LogP contribution in [0.1, 0.15) is 46.3 Å². The summed E-state index contributed by atoms with van der Waals surface area (Å²) in [7, 11) is 0. The lowest BCUT2D eigenvalue weighted by Gasteiger charge is -2.07. The second-order valence-electron chi connectivity index (χ2n) is 5.68. The van der Waals surface area contributed by atoms with E-state index in [1.165, 1.54) is 4.68 Å². The van der Waals surface area contributed by atoms with Crippen LogP contribution in [0.25, 0.3) is 0 Å². The molecule has 1 fully saturated rings. The van der Waals surface area contributed by atoms with Crippen molar-refractivity contribution in [2.24, 2.45) is 0 Å². The summed E-state index contributed by atoms with van der Waals surface area (Å²) in [5.41, 5.74) is 1.35. The molecule has 6 heteroatoms. The van der Waals surface area contributed by atoms with Crippen molar-refractivity contribution in [1.82, 2.24) is 15.1 Å². The van der Waals surface area contributed by atoms with Gasteiger partial charge in [-0.15, -0.1) is 0 Å². The lowest BCUT2D eigenvalue weighted by molar-refractivity contribution is 0.0950. The fraction of sp³-hybridized carbons (Fsp3) is 0.438. The highest BCUT2D eigenvalue weighted by Crippen LogP contribution is 2.38. The Labute approximate surface area is 128 Å². The van der Waals surface area contributed by atoms with E-state index >= 15 is 0 Å². The van der Waals surface area contributed by atoms with Crippen molar-refractivity contribution in [2.75, 3.05) is 6.54 Å². The summed E-state index contributed by atoms with van der Waals surface area (Å²) in [5, 5.41) is 7.15. The number of aryl methyl sites for hydroxylation is 2. The van der Waals surface area contributed by atoms with Crippen LogP contribution in [0.4, 0.5) is 0 Å². The van der Waals surface area contributed by atoms with Crippen molar-refractivity contribution in [3.63, 3.8) is 0 Å². The zero-order valence-electron chi connectivity index (χ0n) is 12.8. The average Bonchev–Trinajstić information content (AvgIpc) is 3.26. The fourth-order valence-electron chi connectivity index (χ4n) is 2.45. The van der Waals surface area contributed by atoms with Crippen molar-refractivity contribution in [1.29, 1.82) is 0 Å². The minimum absolute atomic E-state index is 0.144. The largest absolute Gasteiger partial charge is 0.466 e. The molecular weight excluding hydrogens is 282 g/mol. The number of aromatic nitrogens is 2. The molecule has 1 saturated carbocycles. The Balaban J connectivity index is 1.61. The van der Waals surface area contributed by atoms with Gasteiger partial charge < -0.3 is 9.73 Å². The van der Waals surface area contributed by atoms with Crippen molar-refractivity contribution in [3.05, 3.63) is 51.3 Å². The van der Waals surface area contributed by atoms with Gasteiger partial charge in [0.05, 0.1) is 17.8 Å². The first-order valence-corrected chi connectivity index (χ1v) is 7.48. The van der Waals surface area contributed by atoms with Crippen LogP contribution in [-0.4, -0.2) is 22.2 Å². The number of hydrogen-bond donors (Lipinski definition) is 1. The maximum Gasteiger partial charge on any atom is 0.266 e. The normalized spacial score (nSPS) is 14.1. The highest BCUT2D eigenvalue weighted by molar-refractivity contribution is 5.95. The molecule has 0 radical (unpaired) electrons. The van der Waals surface area contributed by atoms with Crippen LogP contribution >= 0.6 is 0 Å². The van der Waals surface area contributed by atoms with Gasteiger partial charge >= 0.3 is 0 Å². The third kappa shape index (κ3) is 3.10. The van der Waals surface area contributed by atoms with Crippen molar-refractivity contribution in [3.8, 4) is 0 Å². The Bertz CT molecular complexity index is 756. The highest BCUT2D eigenvalue weighted by atomic mass is 16.3. The van der Waals surface area contributed by atoms with Gasteiger partial charge in [-0.1, -0.05) is 0 Å². The first-order valence-electron chi connectivity index (χ1n) is 7.48. The van der Waals surface area contributed by atoms with Gasteiger partial charge in [-0.3, -0.25) is 9.59 Å². The number of hydrogen-bond acceptors (Lipinski definition) is 4. The zero-order valence-corrected chi connectivity index (χ0v) is 12.8. The number of nitrogens with one attached hydrogen (secondary N) is 1. The molecule has 6 nitrogen and oxygen atoms in total. The molecule has 2 heterocycles. The number of amides is 1. The number of carbonyl (C=O) groups excluding carboxylic acids is 1. The Morgan fingerprint density at radius 1 is 1.41 bits per heavy atom. The average molecular weight is 301 g/mol. The van der Waals surface area contributed by atoms with Gasteiger partial charge in [0, 0.05) is 18.5 Å². The Morgan fingerprint density at radius 2 is 2.18 bits per heavy atom. The summed E-state index contributed by atoms with van der Waals surface area (Å²) in [6, 6.07) is 5.06. The molecule has 3 rings (SSSR count). The summed E-state index contributed by atoms with van der Waals surface area (Å²) in [4.78, 5) is 23.9. The number of furan rings is 1. The molecule has 2 aromatic rings. The molecule has 1 N–H and O–H groups in total. The van der Waals surface area contributed by atoms with Crippen molar-refractivity contribution < 1.29 is 9.21 Å². The van der Waals surface area contributed by atoms with Gasteiger partial charge in [0.25, 0.3) is 11.5 Å². The molecule has 0 unspecified atom stereocenters. The molecule has 1 amide bonds. The van der Waals surface area contributed by atoms with E-state index in [-0.39, 0.29) is 11.5 Å². The van der Waals surface area contributed by atoms with E-state index in [1.54, 1.807) is 32.0 Å². The second-order valence-corrected chi connectivity index (χ2v) is 5.68. The van der Waals surface area contributed by atoms with Crippen molar-refractivity contribution >= 4 is 5.91 Å². The first-order chi connectivity index (χ1) is 10.5. The van der Waals surface area contributed by atoms with E-state index in [1.807, 2.05) is 0 Å². The van der Waals surface area contributed by atoms with Gasteiger partial charge in [-0.25, -0.2) is 4.68 Å². The molecule has 0 bridgehead atoms. The van der Waals surface area contributed by atoms with Gasteiger partial charge in [0.1, 0.15) is 11.5 Å². The SMILES string of the molecule is Cc1cc(C(=O)NCCn2nc(C3CC3)ccc2=O)c(C)o1. The standard InChI is InChI=1S/C16H19N3O3/c1-10-9-13(11(2)22-10)16(21)17-7-8-19-15(20)6-5-14(18-19)12-3-4-12/h5-6,9,12H,3-4,7-8H2,1-2H3,(H,17,21). The minimum Gasteiger partial charge on any atom is -0.466 e. The molecular formula is C16H19N3O3. The molecule has 0 aromatic carbocycles. The number of carbonyl (C=O) groups is 1. The summed E-state index contributed by atoms with van der Waals surface area (Å²) in [6.45, 7) is 4.27. The molecule has 1 aliphatic carbocycles. The van der Waals surface area contributed by atoms with E-state index in [0.717, 1.165) is 18.5 Å². The van der Waals surface area contributed by atoms with E-state index in [4.69, 9.17) is 4.42 Å². The predicted molar refractivity (Wildman–Crippen MR) is 81.0 cm³/mol. The molecule has 2 aromatic heterocycles. The summed E-state index contributed by atoms with van der Waals surface area (Å²) in [6.07, 6.45) is 2.28. The lowest BCUT2D eigenvalue weighted by atomic mass is 10.2. The van der Waals surface area contributed by atoms with Crippen LogP contribution in [0.2, 0.25) is 0 Å². The van der Waals surface area contributed by atoms with Gasteiger partial charge in [-0.2, -0.15) is 5.10 Å². The third-order valence-corrected chi connectivity index (χ3v) is 3.78. The maximum atomic E-state index is 12.1. The molecule has 22 heavy (non-hydrogen) atoms. The minimum atomic E-state index is -0.194. The highest BCUT2D eigenvalue weighted by Gasteiger charge is 2.25. The zero-order chi connectivity index (χ0) is 15.7. The molecule has 0 atom stereocenters. The van der Waals surface area contributed by atoms with Crippen molar-refractivity contribution in [2.45, 2.75) is 39.2 Å². The summed E-state index contributed by atoms with van der Waals surface area (Å²) in [5.74, 6) is 1.61. The second kappa shape index (κ2) is 5.79. The molecule has 0 aliphatic heterocycles. The Morgan fingerprint density at radius 3 is 2.82 bits per heavy atom. The van der Waals surface area contributed by atoms with E-state index in [0.29, 0.717) is 36.1 Å². The van der Waals surface area contributed by atoms with Gasteiger partial charge in [0.2, 0.25) is 0 Å². The van der Waals surface area contributed by atoms with Crippen LogP contribution in [0.15, 0.2) is 27.4 Å².